The summed E-state index contributed by atoms with van der Waals surface area (Å²) in [6, 6.07) is 6.25. The number of alkyl halides is 3. The van der Waals surface area contributed by atoms with E-state index >= 15 is 0 Å². The minimum absolute atomic E-state index is 0.00925. The summed E-state index contributed by atoms with van der Waals surface area (Å²) in [5.74, 6) is -8.80. The monoisotopic (exact) mass is 648 g/mol. The van der Waals surface area contributed by atoms with Crippen molar-refractivity contribution in [3.05, 3.63) is 64.5 Å². The predicted molar refractivity (Wildman–Crippen MR) is 152 cm³/mol. The Bertz CT molecular complexity index is 1700. The van der Waals surface area contributed by atoms with Gasteiger partial charge in [0.05, 0.1) is 33.9 Å². The quantitative estimate of drug-likeness (QED) is 0.245. The molecule has 2 saturated heterocycles. The maximum atomic E-state index is 14.4. The highest BCUT2D eigenvalue weighted by molar-refractivity contribution is 6.31. The van der Waals surface area contributed by atoms with Crippen LogP contribution in [0.15, 0.2) is 48.0 Å². The number of allylic oxidation sites excluding steroid dienone is 2. The third-order valence-corrected chi connectivity index (χ3v) is 9.94. The number of nitrogens with zero attached hydrogens (tertiary/aromatic N) is 2. The zero-order chi connectivity index (χ0) is 33.0. The smallest absolute Gasteiger partial charge is 0.508 e. The van der Waals surface area contributed by atoms with E-state index < -0.39 is 81.9 Å². The van der Waals surface area contributed by atoms with Crippen molar-refractivity contribution in [3.8, 4) is 11.5 Å². The predicted octanol–water partition coefficient (Wildman–Crippen LogP) is 6.11. The normalized spacial score (nSPS) is 29.9. The summed E-state index contributed by atoms with van der Waals surface area (Å²) in [4.78, 5) is 58.1. The standard InChI is InChI=1S/C32H29ClF4N2O6/c1-30(2,3)39-26(41)17-8-7-16-18(24(17)28(39)43)13-20-27(42)38(14-5-9-22(34)21(33)11-14)29(44)31(20,4)25(16)19-12-15(6-10-23(19)40)45-32(35,36)37/h5-7,9-12,17-18,20,24-25,40H,8,13H2,1-4H3. The Morgan fingerprint density at radius 2 is 1.67 bits per heavy atom. The topological polar surface area (TPSA) is 104 Å². The third-order valence-electron chi connectivity index (χ3n) is 9.65. The van der Waals surface area contributed by atoms with E-state index in [0.29, 0.717) is 5.57 Å². The molecule has 6 rings (SSSR count). The number of likely N-dealkylation sites (tertiary alicyclic amines) is 1. The van der Waals surface area contributed by atoms with Crippen LogP contribution in [0.25, 0.3) is 0 Å². The Labute approximate surface area is 260 Å². The SMILES string of the molecule is CC12C(=O)N(c3ccc(F)c(Cl)c3)C(=O)C1CC1C(=CCC3C(=O)N(C(C)(C)C)C(=O)C31)C2c1cc(OC(F)(F)F)ccc1O. The Morgan fingerprint density at radius 3 is 2.29 bits per heavy atom. The lowest BCUT2D eigenvalue weighted by Crippen LogP contribution is -2.49. The molecule has 6 atom stereocenters. The molecule has 1 N–H and O–H groups in total. The molecule has 0 aromatic heterocycles. The number of hydrogen-bond donors (Lipinski definition) is 1. The van der Waals surface area contributed by atoms with Crippen molar-refractivity contribution in [1.29, 1.82) is 0 Å². The van der Waals surface area contributed by atoms with Crippen LogP contribution in [-0.2, 0) is 19.2 Å². The second kappa shape index (κ2) is 10.0. The van der Waals surface area contributed by atoms with Gasteiger partial charge in [-0.25, -0.2) is 9.29 Å². The number of imide groups is 2. The molecule has 238 valence electrons. The zero-order valence-electron chi connectivity index (χ0n) is 24.6. The fourth-order valence-electron chi connectivity index (χ4n) is 7.85. The fourth-order valence-corrected chi connectivity index (χ4v) is 8.03. The van der Waals surface area contributed by atoms with Gasteiger partial charge >= 0.3 is 6.36 Å². The maximum absolute atomic E-state index is 14.4. The van der Waals surface area contributed by atoms with Gasteiger partial charge in [-0.3, -0.25) is 24.1 Å². The van der Waals surface area contributed by atoms with E-state index in [1.165, 1.54) is 17.9 Å². The van der Waals surface area contributed by atoms with Crippen molar-refractivity contribution in [3.63, 3.8) is 0 Å². The van der Waals surface area contributed by atoms with E-state index in [1.54, 1.807) is 26.8 Å². The number of carbonyl (C=O) groups excluding carboxylic acids is 4. The molecule has 1 saturated carbocycles. The number of fused-ring (bicyclic) bond motifs is 4. The average Bonchev–Trinajstić information content (AvgIpc) is 3.30. The lowest BCUT2D eigenvalue weighted by atomic mass is 9.51. The molecule has 8 nitrogen and oxygen atoms in total. The number of phenolic OH excluding ortho intramolecular Hbond substituents is 1. The van der Waals surface area contributed by atoms with E-state index in [9.17, 15) is 41.8 Å². The minimum Gasteiger partial charge on any atom is -0.508 e. The minimum atomic E-state index is -5.06. The number of benzene rings is 2. The van der Waals surface area contributed by atoms with Crippen LogP contribution in [0.3, 0.4) is 0 Å². The van der Waals surface area contributed by atoms with Crippen LogP contribution in [0, 0.1) is 34.9 Å². The largest absolute Gasteiger partial charge is 0.573 e. The number of rotatable bonds is 3. The Kier molecular flexibility index (Phi) is 6.93. The Balaban J connectivity index is 1.55. The van der Waals surface area contributed by atoms with Crippen molar-refractivity contribution < 1.29 is 46.6 Å². The second-order valence-electron chi connectivity index (χ2n) is 13.2. The van der Waals surface area contributed by atoms with E-state index in [1.807, 2.05) is 0 Å². The van der Waals surface area contributed by atoms with Gasteiger partial charge in [-0.05, 0) is 82.9 Å². The molecule has 4 amide bonds. The molecular weight excluding hydrogens is 620 g/mol. The van der Waals surface area contributed by atoms with Gasteiger partial charge in [0.1, 0.15) is 17.3 Å². The Morgan fingerprint density at radius 1 is 0.978 bits per heavy atom. The summed E-state index contributed by atoms with van der Waals surface area (Å²) < 4.78 is 57.9. The van der Waals surface area contributed by atoms with Crippen molar-refractivity contribution >= 4 is 40.9 Å². The van der Waals surface area contributed by atoms with E-state index in [0.717, 1.165) is 35.2 Å². The molecule has 13 heteroatoms. The number of ether oxygens (including phenoxy) is 1. The third kappa shape index (κ3) is 4.62. The molecule has 2 aromatic carbocycles. The average molecular weight is 649 g/mol. The van der Waals surface area contributed by atoms with Crippen LogP contribution in [0.1, 0.15) is 52.0 Å². The highest BCUT2D eigenvalue weighted by atomic mass is 35.5. The van der Waals surface area contributed by atoms with Crippen molar-refractivity contribution in [1.82, 2.24) is 4.90 Å². The van der Waals surface area contributed by atoms with Crippen LogP contribution in [0.4, 0.5) is 23.2 Å². The summed E-state index contributed by atoms with van der Waals surface area (Å²) in [6.07, 6.45) is -3.25. The van der Waals surface area contributed by atoms with Crippen LogP contribution < -0.4 is 9.64 Å². The molecule has 45 heavy (non-hydrogen) atoms. The number of amides is 4. The number of anilines is 1. The van der Waals surface area contributed by atoms with Crippen molar-refractivity contribution in [2.24, 2.45) is 29.1 Å². The molecule has 2 aromatic rings. The number of halogens is 5. The number of carbonyl (C=O) groups is 4. The molecule has 4 aliphatic rings. The maximum Gasteiger partial charge on any atom is 0.573 e. The summed E-state index contributed by atoms with van der Waals surface area (Å²) in [5.41, 5.74) is -2.16. The molecule has 3 fully saturated rings. The van der Waals surface area contributed by atoms with Crippen LogP contribution >= 0.6 is 11.6 Å². The summed E-state index contributed by atoms with van der Waals surface area (Å²) in [7, 11) is 0. The van der Waals surface area contributed by atoms with E-state index in [4.69, 9.17) is 11.6 Å². The van der Waals surface area contributed by atoms with Gasteiger partial charge < -0.3 is 9.84 Å². The lowest BCUT2D eigenvalue weighted by molar-refractivity contribution is -0.274. The summed E-state index contributed by atoms with van der Waals surface area (Å²) in [6.45, 7) is 6.68. The van der Waals surface area contributed by atoms with E-state index in [2.05, 4.69) is 4.74 Å². The second-order valence-corrected chi connectivity index (χ2v) is 13.6. The van der Waals surface area contributed by atoms with Crippen molar-refractivity contribution in [2.75, 3.05) is 4.90 Å². The molecule has 2 aliphatic heterocycles. The number of phenols is 1. The first-order valence-electron chi connectivity index (χ1n) is 14.4. The van der Waals surface area contributed by atoms with Gasteiger partial charge in [-0.1, -0.05) is 23.3 Å². The first-order valence-corrected chi connectivity index (χ1v) is 14.7. The number of aromatic hydroxyl groups is 1. The van der Waals surface area contributed by atoms with Gasteiger partial charge in [0.25, 0.3) is 0 Å². The highest BCUT2D eigenvalue weighted by Gasteiger charge is 2.68. The first kappa shape index (κ1) is 31.1. The molecule has 0 spiro atoms. The van der Waals surface area contributed by atoms with Crippen molar-refractivity contribution in [2.45, 2.75) is 58.4 Å². The molecular formula is C32H29ClF4N2O6. The van der Waals surface area contributed by atoms with Gasteiger partial charge in [-0.2, -0.15) is 0 Å². The molecule has 2 aliphatic carbocycles. The van der Waals surface area contributed by atoms with Crippen LogP contribution in [0.5, 0.6) is 11.5 Å². The van der Waals surface area contributed by atoms with Crippen LogP contribution in [0.2, 0.25) is 5.02 Å². The molecule has 6 unspecified atom stereocenters. The van der Waals surface area contributed by atoms with Gasteiger partial charge in [0.15, 0.2) is 0 Å². The molecule has 2 heterocycles. The van der Waals surface area contributed by atoms with Crippen LogP contribution in [-0.4, -0.2) is 45.5 Å². The van der Waals surface area contributed by atoms with Gasteiger partial charge in [0, 0.05) is 17.0 Å². The zero-order valence-corrected chi connectivity index (χ0v) is 25.4. The Hall–Kier alpha value is -3.93. The molecule has 0 bridgehead atoms. The fraction of sp³-hybridized carbons (Fsp3) is 0.438. The lowest BCUT2D eigenvalue weighted by Gasteiger charge is -2.49. The van der Waals surface area contributed by atoms with E-state index in [-0.39, 0.29) is 35.0 Å². The highest BCUT2D eigenvalue weighted by Crippen LogP contribution is 2.64. The summed E-state index contributed by atoms with van der Waals surface area (Å²) in [5, 5.41) is 10.7. The van der Waals surface area contributed by atoms with Gasteiger partial charge in [0.2, 0.25) is 23.6 Å². The van der Waals surface area contributed by atoms with Gasteiger partial charge in [-0.15, -0.1) is 13.2 Å². The first-order chi connectivity index (χ1) is 20.9. The molecule has 0 radical (unpaired) electrons. The number of hydrogen-bond acceptors (Lipinski definition) is 6. The summed E-state index contributed by atoms with van der Waals surface area (Å²) >= 11 is 5.99.